The van der Waals surface area contributed by atoms with Crippen molar-refractivity contribution in [1.82, 2.24) is 5.32 Å². The summed E-state index contributed by atoms with van der Waals surface area (Å²) >= 11 is 12.3. The van der Waals surface area contributed by atoms with Crippen LogP contribution in [0, 0.1) is 11.5 Å². The van der Waals surface area contributed by atoms with Gasteiger partial charge in [0.2, 0.25) is 0 Å². The second-order valence-electron chi connectivity index (χ2n) is 3.14. The van der Waals surface area contributed by atoms with E-state index < -0.39 is 16.8 Å². The van der Waals surface area contributed by atoms with E-state index in [2.05, 4.69) is 10.3 Å². The van der Waals surface area contributed by atoms with Gasteiger partial charge < -0.3 is 0 Å². The molecule has 0 aliphatic rings. The Bertz CT molecular complexity index is 552. The number of nitriles is 1. The molecule has 0 fully saturated rings. The molecular weight excluding hydrogens is 322 g/mol. The van der Waals surface area contributed by atoms with Crippen molar-refractivity contribution in [2.24, 2.45) is 4.99 Å². The van der Waals surface area contributed by atoms with Crippen LogP contribution in [0.25, 0.3) is 0 Å². The third kappa shape index (κ3) is 4.20. The number of halogens is 5. The molecule has 0 heterocycles. The molecule has 1 rings (SSSR count). The van der Waals surface area contributed by atoms with Crippen LogP contribution in [0.1, 0.15) is 5.56 Å². The zero-order chi connectivity index (χ0) is 14.6. The van der Waals surface area contributed by atoms with Gasteiger partial charge in [-0.05, 0) is 18.4 Å². The van der Waals surface area contributed by atoms with Crippen LogP contribution < -0.4 is 5.32 Å². The predicted octanol–water partition coefficient (Wildman–Crippen LogP) is 4.43. The topological polar surface area (TPSA) is 48.2 Å². The molecule has 0 aliphatic carbocycles. The number of amidine groups is 1. The Labute approximate surface area is 121 Å². The molecule has 0 aromatic heterocycles. The van der Waals surface area contributed by atoms with E-state index in [-0.39, 0.29) is 15.9 Å². The van der Waals surface area contributed by atoms with Crippen LogP contribution in [0.5, 0.6) is 0 Å². The van der Waals surface area contributed by atoms with Crippen molar-refractivity contribution in [3.63, 3.8) is 0 Å². The Morgan fingerprint density at radius 1 is 1.42 bits per heavy atom. The first-order valence-corrected chi connectivity index (χ1v) is 6.61. The minimum Gasteiger partial charge on any atom is -0.271 e. The highest BCUT2D eigenvalue weighted by molar-refractivity contribution is 8.13. The number of thioether (sulfide) groups is 1. The molecule has 3 nitrogen and oxygen atoms in total. The van der Waals surface area contributed by atoms with Gasteiger partial charge in [0.15, 0.2) is 11.4 Å². The standard InChI is InChI=1S/C10H6Cl2F3N3S/c1-19-9(17-4-16)18-7-3-5(11)2-6(8(7)12)10(13,14)15/h2-3H,1H3,(H,17,18). The maximum Gasteiger partial charge on any atom is 0.417 e. The van der Waals surface area contributed by atoms with E-state index in [1.165, 1.54) is 6.07 Å². The average molecular weight is 328 g/mol. The first-order valence-electron chi connectivity index (χ1n) is 4.63. The van der Waals surface area contributed by atoms with Gasteiger partial charge in [0.25, 0.3) is 0 Å². The van der Waals surface area contributed by atoms with Crippen molar-refractivity contribution in [2.45, 2.75) is 6.18 Å². The fourth-order valence-corrected chi connectivity index (χ4v) is 1.95. The Kier molecular flexibility index (Phi) is 5.35. The molecule has 1 aromatic carbocycles. The Balaban J connectivity index is 3.38. The number of hydrogen-bond donors (Lipinski definition) is 1. The van der Waals surface area contributed by atoms with E-state index in [9.17, 15) is 13.2 Å². The Morgan fingerprint density at radius 3 is 2.53 bits per heavy atom. The van der Waals surface area contributed by atoms with E-state index in [0.29, 0.717) is 0 Å². The monoisotopic (exact) mass is 327 g/mol. The molecule has 0 amide bonds. The molecule has 0 saturated heterocycles. The van der Waals surface area contributed by atoms with Crippen molar-refractivity contribution >= 4 is 45.8 Å². The van der Waals surface area contributed by atoms with Gasteiger partial charge in [-0.3, -0.25) is 5.32 Å². The largest absolute Gasteiger partial charge is 0.417 e. The number of alkyl halides is 3. The summed E-state index contributed by atoms with van der Waals surface area (Å²) in [5, 5.41) is 10.1. The fraction of sp³-hybridized carbons (Fsp3) is 0.200. The lowest BCUT2D eigenvalue weighted by Gasteiger charge is -2.11. The molecule has 102 valence electrons. The number of nitrogens with zero attached hydrogens (tertiary/aromatic N) is 2. The van der Waals surface area contributed by atoms with Crippen molar-refractivity contribution in [1.29, 1.82) is 5.26 Å². The first-order chi connectivity index (χ1) is 8.79. The quantitative estimate of drug-likeness (QED) is 0.359. The zero-order valence-corrected chi connectivity index (χ0v) is 11.7. The van der Waals surface area contributed by atoms with Gasteiger partial charge in [-0.25, -0.2) is 4.99 Å². The third-order valence-corrected chi connectivity index (χ3v) is 3.10. The minimum atomic E-state index is -4.63. The highest BCUT2D eigenvalue weighted by Gasteiger charge is 2.34. The molecule has 19 heavy (non-hydrogen) atoms. The summed E-state index contributed by atoms with van der Waals surface area (Å²) in [5.74, 6) is 0. The summed E-state index contributed by atoms with van der Waals surface area (Å²) in [6, 6.07) is 1.91. The van der Waals surface area contributed by atoms with Gasteiger partial charge in [0.1, 0.15) is 0 Å². The van der Waals surface area contributed by atoms with Crippen LogP contribution in [0.2, 0.25) is 10.0 Å². The van der Waals surface area contributed by atoms with Crippen LogP contribution in [0.3, 0.4) is 0 Å². The maximum absolute atomic E-state index is 12.7. The van der Waals surface area contributed by atoms with Gasteiger partial charge in [-0.2, -0.15) is 18.4 Å². The summed E-state index contributed by atoms with van der Waals surface area (Å²) in [6.07, 6.45) is -1.41. The lowest BCUT2D eigenvalue weighted by atomic mass is 10.2. The van der Waals surface area contributed by atoms with E-state index in [1.807, 2.05) is 0 Å². The van der Waals surface area contributed by atoms with Crippen molar-refractivity contribution in [3.05, 3.63) is 27.7 Å². The Hall–Kier alpha value is -1.10. The molecule has 0 spiro atoms. The average Bonchev–Trinajstić information content (AvgIpc) is 2.31. The number of benzene rings is 1. The van der Waals surface area contributed by atoms with Gasteiger partial charge in [0.05, 0.1) is 16.3 Å². The summed E-state index contributed by atoms with van der Waals surface area (Å²) in [6.45, 7) is 0. The summed E-state index contributed by atoms with van der Waals surface area (Å²) < 4.78 is 38.1. The van der Waals surface area contributed by atoms with Crippen LogP contribution >= 0.6 is 35.0 Å². The number of hydrogen-bond acceptors (Lipinski definition) is 3. The number of aliphatic imine (C=N–C) groups is 1. The predicted molar refractivity (Wildman–Crippen MR) is 70.8 cm³/mol. The summed E-state index contributed by atoms with van der Waals surface area (Å²) in [4.78, 5) is 3.83. The molecule has 0 bridgehead atoms. The van der Waals surface area contributed by atoms with E-state index >= 15 is 0 Å². The highest BCUT2D eigenvalue weighted by atomic mass is 35.5. The molecule has 0 unspecified atom stereocenters. The number of rotatable bonds is 1. The van der Waals surface area contributed by atoms with E-state index in [4.69, 9.17) is 28.5 Å². The maximum atomic E-state index is 12.7. The van der Waals surface area contributed by atoms with E-state index in [0.717, 1.165) is 17.8 Å². The van der Waals surface area contributed by atoms with Crippen LogP contribution in [0.15, 0.2) is 17.1 Å². The lowest BCUT2D eigenvalue weighted by Crippen LogP contribution is -2.12. The van der Waals surface area contributed by atoms with Gasteiger partial charge in [0, 0.05) is 5.02 Å². The molecular formula is C10H6Cl2F3N3S. The van der Waals surface area contributed by atoms with Crippen LogP contribution in [-0.2, 0) is 6.18 Å². The third-order valence-electron chi connectivity index (χ3n) is 1.90. The smallest absolute Gasteiger partial charge is 0.271 e. The zero-order valence-electron chi connectivity index (χ0n) is 9.35. The molecule has 9 heteroatoms. The molecule has 0 saturated carbocycles. The first kappa shape index (κ1) is 16.0. The van der Waals surface area contributed by atoms with Crippen molar-refractivity contribution < 1.29 is 13.2 Å². The summed E-state index contributed by atoms with van der Waals surface area (Å²) in [5.41, 5.74) is -1.23. The highest BCUT2D eigenvalue weighted by Crippen LogP contribution is 2.41. The number of nitrogens with one attached hydrogen (secondary N) is 1. The fourth-order valence-electron chi connectivity index (χ4n) is 1.14. The van der Waals surface area contributed by atoms with Crippen molar-refractivity contribution in [3.8, 4) is 6.19 Å². The van der Waals surface area contributed by atoms with Crippen LogP contribution in [-0.4, -0.2) is 11.4 Å². The molecule has 0 aliphatic heterocycles. The Morgan fingerprint density at radius 2 is 2.05 bits per heavy atom. The van der Waals surface area contributed by atoms with Gasteiger partial charge in [-0.15, -0.1) is 0 Å². The lowest BCUT2D eigenvalue weighted by molar-refractivity contribution is -0.137. The second-order valence-corrected chi connectivity index (χ2v) is 4.75. The molecule has 0 atom stereocenters. The minimum absolute atomic E-state index is 0.111. The SMILES string of the molecule is CSC(=Nc1cc(Cl)cc(C(F)(F)F)c1Cl)NC#N. The summed E-state index contributed by atoms with van der Waals surface area (Å²) in [7, 11) is 0. The normalized spacial score (nSPS) is 12.2. The molecule has 1 N–H and O–H groups in total. The van der Waals surface area contributed by atoms with Gasteiger partial charge >= 0.3 is 6.18 Å². The molecule has 1 aromatic rings. The molecule has 0 radical (unpaired) electrons. The second kappa shape index (κ2) is 6.37. The van der Waals surface area contributed by atoms with Gasteiger partial charge in [-0.1, -0.05) is 35.0 Å². The van der Waals surface area contributed by atoms with Crippen LogP contribution in [0.4, 0.5) is 18.9 Å². The van der Waals surface area contributed by atoms with E-state index in [1.54, 1.807) is 12.4 Å². The van der Waals surface area contributed by atoms with Crippen molar-refractivity contribution in [2.75, 3.05) is 6.26 Å².